The van der Waals surface area contributed by atoms with Crippen molar-refractivity contribution < 1.29 is 4.79 Å². The van der Waals surface area contributed by atoms with Crippen LogP contribution in [-0.4, -0.2) is 19.0 Å². The molecular weight excluding hydrogens is 272 g/mol. The van der Waals surface area contributed by atoms with Crippen LogP contribution in [0.15, 0.2) is 48.5 Å². The van der Waals surface area contributed by atoms with Crippen LogP contribution in [0.25, 0.3) is 0 Å². The highest BCUT2D eigenvalue weighted by Gasteiger charge is 2.20. The monoisotopic (exact) mass is 294 g/mol. The first-order valence-electron chi connectivity index (χ1n) is 7.87. The molecule has 1 amide bonds. The fraction of sp³-hybridized carbons (Fsp3) is 0.316. The van der Waals surface area contributed by atoms with Gasteiger partial charge in [0.05, 0.1) is 6.54 Å². The number of benzene rings is 2. The quantitative estimate of drug-likeness (QED) is 0.930. The van der Waals surface area contributed by atoms with Gasteiger partial charge >= 0.3 is 0 Å². The minimum absolute atomic E-state index is 0.0461. The number of fused-ring (bicyclic) bond motifs is 1. The molecule has 3 nitrogen and oxygen atoms in total. The van der Waals surface area contributed by atoms with Gasteiger partial charge in [-0.25, -0.2) is 0 Å². The van der Waals surface area contributed by atoms with E-state index in [9.17, 15) is 4.79 Å². The first-order chi connectivity index (χ1) is 10.6. The van der Waals surface area contributed by atoms with Gasteiger partial charge in [-0.15, -0.1) is 0 Å². The van der Waals surface area contributed by atoms with Crippen molar-refractivity contribution in [1.82, 2.24) is 0 Å². The van der Waals surface area contributed by atoms with Gasteiger partial charge in [-0.3, -0.25) is 4.79 Å². The van der Waals surface area contributed by atoms with Crippen LogP contribution in [-0.2, 0) is 11.2 Å². The summed E-state index contributed by atoms with van der Waals surface area (Å²) in [5, 5.41) is 3.07. The number of hydrogen-bond acceptors (Lipinski definition) is 2. The van der Waals surface area contributed by atoms with Crippen LogP contribution in [0.5, 0.6) is 0 Å². The molecule has 0 spiro atoms. The Hall–Kier alpha value is -2.29. The zero-order chi connectivity index (χ0) is 15.5. The predicted molar refractivity (Wildman–Crippen MR) is 91.5 cm³/mol. The van der Waals surface area contributed by atoms with Gasteiger partial charge in [0.1, 0.15) is 0 Å². The first kappa shape index (κ1) is 14.6. The normalized spacial score (nSPS) is 13.3. The molecule has 0 unspecified atom stereocenters. The van der Waals surface area contributed by atoms with Gasteiger partial charge < -0.3 is 10.2 Å². The molecule has 1 aliphatic heterocycles. The molecule has 0 fully saturated rings. The smallest absolute Gasteiger partial charge is 0.243 e. The fourth-order valence-corrected chi connectivity index (χ4v) is 3.05. The fourth-order valence-electron chi connectivity index (χ4n) is 3.05. The first-order valence-corrected chi connectivity index (χ1v) is 7.87. The molecule has 0 aliphatic carbocycles. The number of para-hydroxylation sites is 2. The molecular formula is C19H22N2O. The Morgan fingerprint density at radius 3 is 2.68 bits per heavy atom. The molecule has 0 radical (unpaired) electrons. The van der Waals surface area contributed by atoms with E-state index in [1.54, 1.807) is 0 Å². The molecule has 2 aromatic rings. The average molecular weight is 294 g/mol. The zero-order valence-corrected chi connectivity index (χ0v) is 13.2. The van der Waals surface area contributed by atoms with Gasteiger partial charge in [0.2, 0.25) is 5.91 Å². The van der Waals surface area contributed by atoms with E-state index in [1.807, 2.05) is 24.3 Å². The standard InChI is InChI=1S/C19H22N2O/c1-14(2)16-8-4-5-9-17(16)20-19(22)13-21-12-11-15-7-3-6-10-18(15)21/h3-10,14H,11-13H2,1-2H3,(H,20,22). The molecule has 0 aromatic heterocycles. The Bertz CT molecular complexity index is 679. The second kappa shape index (κ2) is 6.22. The van der Waals surface area contributed by atoms with Crippen LogP contribution < -0.4 is 10.2 Å². The maximum Gasteiger partial charge on any atom is 0.243 e. The van der Waals surface area contributed by atoms with Crippen LogP contribution in [0.3, 0.4) is 0 Å². The number of carbonyl (C=O) groups is 1. The summed E-state index contributed by atoms with van der Waals surface area (Å²) in [7, 11) is 0. The molecule has 1 heterocycles. The van der Waals surface area contributed by atoms with Gasteiger partial charge in [-0.1, -0.05) is 50.2 Å². The summed E-state index contributed by atoms with van der Waals surface area (Å²) < 4.78 is 0. The highest BCUT2D eigenvalue weighted by atomic mass is 16.2. The summed E-state index contributed by atoms with van der Waals surface area (Å²) in [6.07, 6.45) is 1.02. The molecule has 1 N–H and O–H groups in total. The largest absolute Gasteiger partial charge is 0.362 e. The highest BCUT2D eigenvalue weighted by Crippen LogP contribution is 2.27. The summed E-state index contributed by atoms with van der Waals surface area (Å²) in [5.74, 6) is 0.439. The molecule has 2 aromatic carbocycles. The predicted octanol–water partition coefficient (Wildman–Crippen LogP) is 3.81. The average Bonchev–Trinajstić information content (AvgIpc) is 2.91. The molecule has 22 heavy (non-hydrogen) atoms. The third-order valence-corrected chi connectivity index (χ3v) is 4.17. The van der Waals surface area contributed by atoms with Crippen molar-refractivity contribution in [3.05, 3.63) is 59.7 Å². The SMILES string of the molecule is CC(C)c1ccccc1NC(=O)CN1CCc2ccccc21. The second-order valence-electron chi connectivity index (χ2n) is 6.09. The molecule has 0 bridgehead atoms. The lowest BCUT2D eigenvalue weighted by molar-refractivity contribution is -0.115. The number of carbonyl (C=O) groups excluding carboxylic acids is 1. The second-order valence-corrected chi connectivity index (χ2v) is 6.09. The minimum Gasteiger partial charge on any atom is -0.362 e. The lowest BCUT2D eigenvalue weighted by atomic mass is 10.0. The van der Waals surface area contributed by atoms with E-state index < -0.39 is 0 Å². The third kappa shape index (κ3) is 2.98. The van der Waals surface area contributed by atoms with Crippen LogP contribution in [0.2, 0.25) is 0 Å². The molecule has 3 heteroatoms. The number of amides is 1. The Labute approximate surface area is 132 Å². The van der Waals surface area contributed by atoms with Crippen LogP contribution in [0.4, 0.5) is 11.4 Å². The summed E-state index contributed by atoms with van der Waals surface area (Å²) in [6.45, 7) is 5.60. The van der Waals surface area contributed by atoms with Crippen LogP contribution in [0.1, 0.15) is 30.9 Å². The molecule has 114 valence electrons. The summed E-state index contributed by atoms with van der Waals surface area (Å²) >= 11 is 0. The van der Waals surface area contributed by atoms with Crippen LogP contribution >= 0.6 is 0 Å². The van der Waals surface area contributed by atoms with Gasteiger partial charge in [0.25, 0.3) is 0 Å². The van der Waals surface area contributed by atoms with Crippen molar-refractivity contribution in [3.8, 4) is 0 Å². The summed E-state index contributed by atoms with van der Waals surface area (Å²) in [4.78, 5) is 14.6. The topological polar surface area (TPSA) is 32.3 Å². The Balaban J connectivity index is 1.70. The number of anilines is 2. The van der Waals surface area contributed by atoms with Crippen molar-refractivity contribution in [2.75, 3.05) is 23.3 Å². The van der Waals surface area contributed by atoms with Gasteiger partial charge in [0.15, 0.2) is 0 Å². The van der Waals surface area contributed by atoms with Crippen molar-refractivity contribution in [1.29, 1.82) is 0 Å². The molecule has 1 aliphatic rings. The Kier molecular flexibility index (Phi) is 4.14. The maximum absolute atomic E-state index is 12.4. The van der Waals surface area contributed by atoms with E-state index in [4.69, 9.17) is 0 Å². The van der Waals surface area contributed by atoms with E-state index in [-0.39, 0.29) is 5.91 Å². The number of hydrogen-bond donors (Lipinski definition) is 1. The lowest BCUT2D eigenvalue weighted by Gasteiger charge is -2.20. The number of nitrogens with zero attached hydrogens (tertiary/aromatic N) is 1. The molecule has 3 rings (SSSR count). The van der Waals surface area contributed by atoms with E-state index in [0.29, 0.717) is 12.5 Å². The lowest BCUT2D eigenvalue weighted by Crippen LogP contribution is -2.32. The maximum atomic E-state index is 12.4. The van der Waals surface area contributed by atoms with Crippen molar-refractivity contribution in [2.24, 2.45) is 0 Å². The van der Waals surface area contributed by atoms with Crippen molar-refractivity contribution in [3.63, 3.8) is 0 Å². The van der Waals surface area contributed by atoms with E-state index in [0.717, 1.165) is 18.7 Å². The molecule has 0 saturated heterocycles. The summed E-state index contributed by atoms with van der Waals surface area (Å²) in [6, 6.07) is 16.4. The molecule has 0 atom stereocenters. The Morgan fingerprint density at radius 2 is 1.86 bits per heavy atom. The summed E-state index contributed by atoms with van der Waals surface area (Å²) in [5.41, 5.74) is 4.63. The van der Waals surface area contributed by atoms with Crippen molar-refractivity contribution >= 4 is 17.3 Å². The van der Waals surface area contributed by atoms with Gasteiger partial charge in [-0.2, -0.15) is 0 Å². The van der Waals surface area contributed by atoms with Gasteiger partial charge in [-0.05, 0) is 35.6 Å². The number of rotatable bonds is 4. The van der Waals surface area contributed by atoms with E-state index in [1.165, 1.54) is 16.8 Å². The highest BCUT2D eigenvalue weighted by molar-refractivity contribution is 5.95. The Morgan fingerprint density at radius 1 is 1.14 bits per heavy atom. The third-order valence-electron chi connectivity index (χ3n) is 4.17. The van der Waals surface area contributed by atoms with Crippen LogP contribution in [0, 0.1) is 0 Å². The van der Waals surface area contributed by atoms with Gasteiger partial charge in [0, 0.05) is 17.9 Å². The zero-order valence-electron chi connectivity index (χ0n) is 13.2. The van der Waals surface area contributed by atoms with E-state index in [2.05, 4.69) is 48.3 Å². The molecule has 0 saturated carbocycles. The van der Waals surface area contributed by atoms with Crippen molar-refractivity contribution in [2.45, 2.75) is 26.2 Å². The minimum atomic E-state index is 0.0461. The van der Waals surface area contributed by atoms with E-state index >= 15 is 0 Å². The number of nitrogens with one attached hydrogen (secondary N) is 1.